The van der Waals surface area contributed by atoms with Gasteiger partial charge in [0, 0.05) is 70.1 Å². The van der Waals surface area contributed by atoms with Gasteiger partial charge in [0.1, 0.15) is 0 Å². The van der Waals surface area contributed by atoms with Gasteiger partial charge in [0.2, 0.25) is 17.8 Å². The lowest BCUT2D eigenvalue weighted by atomic mass is 10.1. The Morgan fingerprint density at radius 2 is 1.55 bits per heavy atom. The van der Waals surface area contributed by atoms with E-state index >= 15 is 0 Å². The summed E-state index contributed by atoms with van der Waals surface area (Å²) in [7, 11) is 1.75. The molecular formula is C22H26N8O. The number of likely N-dealkylation sites (N-methyl/N-ethyl adjacent to an activating group) is 1. The van der Waals surface area contributed by atoms with Crippen LogP contribution in [-0.2, 0) is 11.3 Å². The molecule has 0 saturated carbocycles. The van der Waals surface area contributed by atoms with Crippen LogP contribution >= 0.6 is 0 Å². The second-order valence-electron chi connectivity index (χ2n) is 7.45. The Balaban J connectivity index is 1.40. The lowest BCUT2D eigenvalue weighted by molar-refractivity contribution is -0.128. The van der Waals surface area contributed by atoms with Crippen molar-refractivity contribution in [3.63, 3.8) is 0 Å². The van der Waals surface area contributed by atoms with Gasteiger partial charge < -0.3 is 20.4 Å². The number of benzene rings is 1. The number of piperazine rings is 1. The van der Waals surface area contributed by atoms with Crippen molar-refractivity contribution in [1.82, 2.24) is 24.8 Å². The predicted molar refractivity (Wildman–Crippen MR) is 119 cm³/mol. The number of rotatable bonds is 6. The molecule has 0 radical (unpaired) electrons. The third-order valence-electron chi connectivity index (χ3n) is 5.32. The number of nitrogens with zero attached hydrogens (tertiary/aromatic N) is 7. The second kappa shape index (κ2) is 9.48. The van der Waals surface area contributed by atoms with Crippen molar-refractivity contribution >= 4 is 17.8 Å². The van der Waals surface area contributed by atoms with E-state index < -0.39 is 0 Å². The number of carbonyl (C=O) groups is 1. The first-order valence-electron chi connectivity index (χ1n) is 10.3. The van der Waals surface area contributed by atoms with E-state index in [1.54, 1.807) is 24.3 Å². The van der Waals surface area contributed by atoms with Gasteiger partial charge in [-0.05, 0) is 23.3 Å². The van der Waals surface area contributed by atoms with E-state index in [0.29, 0.717) is 6.54 Å². The smallest absolute Gasteiger partial charge is 0.236 e. The summed E-state index contributed by atoms with van der Waals surface area (Å²) in [4.78, 5) is 35.5. The van der Waals surface area contributed by atoms with E-state index in [9.17, 15) is 4.79 Å². The van der Waals surface area contributed by atoms with Gasteiger partial charge in [-0.3, -0.25) is 4.79 Å². The van der Waals surface area contributed by atoms with E-state index in [1.165, 1.54) is 0 Å². The molecule has 2 N–H and O–H groups in total. The standard InChI is InChI=1S/C22H26N8O/c1-28(20(31)13-23)16-17-4-2-5-18(12-17)19-14-26-22(27-15-19)30-10-8-29(9-11-30)21-24-6-3-7-25-21/h2-7,12,14-15H,8-11,13,16,23H2,1H3. The van der Waals surface area contributed by atoms with Gasteiger partial charge in [-0.1, -0.05) is 18.2 Å². The summed E-state index contributed by atoms with van der Waals surface area (Å²) in [6, 6.07) is 9.87. The molecule has 0 atom stereocenters. The Morgan fingerprint density at radius 1 is 0.935 bits per heavy atom. The summed E-state index contributed by atoms with van der Waals surface area (Å²) in [5.41, 5.74) is 8.43. The zero-order valence-electron chi connectivity index (χ0n) is 17.6. The largest absolute Gasteiger partial charge is 0.340 e. The molecule has 3 aromatic rings. The van der Waals surface area contributed by atoms with Crippen LogP contribution < -0.4 is 15.5 Å². The van der Waals surface area contributed by atoms with Crippen molar-refractivity contribution < 1.29 is 4.79 Å². The van der Waals surface area contributed by atoms with E-state index in [1.807, 2.05) is 36.7 Å². The summed E-state index contributed by atoms with van der Waals surface area (Å²) in [5, 5.41) is 0. The third kappa shape index (κ3) is 4.95. The zero-order valence-corrected chi connectivity index (χ0v) is 17.6. The van der Waals surface area contributed by atoms with Crippen LogP contribution in [0.3, 0.4) is 0 Å². The number of hydrogen-bond acceptors (Lipinski definition) is 8. The average molecular weight is 419 g/mol. The Labute approximate surface area is 181 Å². The van der Waals surface area contributed by atoms with Crippen LogP contribution in [0.15, 0.2) is 55.1 Å². The molecule has 1 aromatic carbocycles. The molecule has 9 nitrogen and oxygen atoms in total. The first-order chi connectivity index (χ1) is 15.1. The van der Waals surface area contributed by atoms with Crippen molar-refractivity contribution in [3.05, 3.63) is 60.7 Å². The van der Waals surface area contributed by atoms with E-state index in [4.69, 9.17) is 5.73 Å². The van der Waals surface area contributed by atoms with Crippen molar-refractivity contribution in [1.29, 1.82) is 0 Å². The van der Waals surface area contributed by atoms with Gasteiger partial charge in [-0.25, -0.2) is 19.9 Å². The number of aromatic nitrogens is 4. The zero-order chi connectivity index (χ0) is 21.6. The molecule has 31 heavy (non-hydrogen) atoms. The lowest BCUT2D eigenvalue weighted by Crippen LogP contribution is -2.47. The quantitative estimate of drug-likeness (QED) is 0.636. The SMILES string of the molecule is CN(Cc1cccc(-c2cnc(N3CCN(c4ncccn4)CC3)nc2)c1)C(=O)CN. The molecular weight excluding hydrogens is 392 g/mol. The number of amides is 1. The first-order valence-corrected chi connectivity index (χ1v) is 10.3. The highest BCUT2D eigenvalue weighted by atomic mass is 16.2. The topological polar surface area (TPSA) is 104 Å². The molecule has 3 heterocycles. The van der Waals surface area contributed by atoms with Crippen LogP contribution in [-0.4, -0.2) is 70.5 Å². The maximum Gasteiger partial charge on any atom is 0.236 e. The fraction of sp³-hybridized carbons (Fsp3) is 0.318. The Bertz CT molecular complexity index is 1000. The highest BCUT2D eigenvalue weighted by molar-refractivity contribution is 5.77. The van der Waals surface area contributed by atoms with Crippen LogP contribution in [0.4, 0.5) is 11.9 Å². The molecule has 1 aliphatic rings. The molecule has 0 bridgehead atoms. The molecule has 2 aromatic heterocycles. The van der Waals surface area contributed by atoms with Crippen LogP contribution in [0.1, 0.15) is 5.56 Å². The number of hydrogen-bond donors (Lipinski definition) is 1. The maximum atomic E-state index is 11.7. The fourth-order valence-electron chi connectivity index (χ4n) is 3.56. The molecule has 1 saturated heterocycles. The molecule has 1 amide bonds. The minimum absolute atomic E-state index is 0.0120. The molecule has 1 fully saturated rings. The molecule has 1 aliphatic heterocycles. The van der Waals surface area contributed by atoms with Crippen LogP contribution in [0.2, 0.25) is 0 Å². The highest BCUT2D eigenvalue weighted by Crippen LogP contribution is 2.22. The summed E-state index contributed by atoms with van der Waals surface area (Å²) in [6.45, 7) is 3.80. The molecule has 0 aliphatic carbocycles. The lowest BCUT2D eigenvalue weighted by Gasteiger charge is -2.34. The number of anilines is 2. The number of carbonyl (C=O) groups excluding carboxylic acids is 1. The average Bonchev–Trinajstić information content (AvgIpc) is 2.84. The van der Waals surface area contributed by atoms with Crippen LogP contribution in [0.5, 0.6) is 0 Å². The Hall–Kier alpha value is -3.59. The van der Waals surface area contributed by atoms with E-state index in [2.05, 4.69) is 35.8 Å². The highest BCUT2D eigenvalue weighted by Gasteiger charge is 2.20. The van der Waals surface area contributed by atoms with E-state index in [0.717, 1.165) is 54.8 Å². The molecule has 0 unspecified atom stereocenters. The van der Waals surface area contributed by atoms with Crippen molar-refractivity contribution in [2.45, 2.75) is 6.54 Å². The van der Waals surface area contributed by atoms with Gasteiger partial charge in [0.15, 0.2) is 0 Å². The Kier molecular flexibility index (Phi) is 6.32. The van der Waals surface area contributed by atoms with Crippen LogP contribution in [0, 0.1) is 0 Å². The second-order valence-corrected chi connectivity index (χ2v) is 7.45. The van der Waals surface area contributed by atoms with Crippen molar-refractivity contribution in [2.24, 2.45) is 5.73 Å². The van der Waals surface area contributed by atoms with Gasteiger partial charge in [0.25, 0.3) is 0 Å². The molecule has 4 rings (SSSR count). The van der Waals surface area contributed by atoms with E-state index in [-0.39, 0.29) is 12.5 Å². The van der Waals surface area contributed by atoms with Gasteiger partial charge in [-0.2, -0.15) is 0 Å². The molecule has 0 spiro atoms. The fourth-order valence-corrected chi connectivity index (χ4v) is 3.56. The number of nitrogens with two attached hydrogens (primary N) is 1. The summed E-state index contributed by atoms with van der Waals surface area (Å²) in [5.74, 6) is 1.40. The minimum Gasteiger partial charge on any atom is -0.340 e. The summed E-state index contributed by atoms with van der Waals surface area (Å²) in [6.07, 6.45) is 7.23. The summed E-state index contributed by atoms with van der Waals surface area (Å²) >= 11 is 0. The third-order valence-corrected chi connectivity index (χ3v) is 5.32. The normalized spacial score (nSPS) is 13.9. The molecule has 9 heteroatoms. The van der Waals surface area contributed by atoms with Gasteiger partial charge >= 0.3 is 0 Å². The minimum atomic E-state index is -0.0861. The Morgan fingerprint density at radius 3 is 2.16 bits per heavy atom. The van der Waals surface area contributed by atoms with Gasteiger partial charge in [-0.15, -0.1) is 0 Å². The summed E-state index contributed by atoms with van der Waals surface area (Å²) < 4.78 is 0. The van der Waals surface area contributed by atoms with Crippen LogP contribution in [0.25, 0.3) is 11.1 Å². The van der Waals surface area contributed by atoms with Gasteiger partial charge in [0.05, 0.1) is 6.54 Å². The maximum absolute atomic E-state index is 11.7. The van der Waals surface area contributed by atoms with Crippen molar-refractivity contribution in [3.8, 4) is 11.1 Å². The monoisotopic (exact) mass is 418 g/mol. The van der Waals surface area contributed by atoms with Crippen molar-refractivity contribution in [2.75, 3.05) is 49.6 Å². The predicted octanol–water partition coefficient (Wildman–Crippen LogP) is 1.18. The first kappa shape index (κ1) is 20.7. The molecule has 160 valence electrons.